The van der Waals surface area contributed by atoms with Crippen LogP contribution in [0.4, 0.5) is 5.13 Å². The fraction of sp³-hybridized carbons (Fsp3) is 0.469. The number of rotatable bonds is 8. The number of anilines is 1. The first-order chi connectivity index (χ1) is 19.9. The van der Waals surface area contributed by atoms with Gasteiger partial charge in [0, 0.05) is 49.2 Å². The van der Waals surface area contributed by atoms with Crippen molar-refractivity contribution in [2.45, 2.75) is 45.9 Å². The Morgan fingerprint density at radius 1 is 1.20 bits per heavy atom. The van der Waals surface area contributed by atoms with Crippen LogP contribution in [0.2, 0.25) is 0 Å². The van der Waals surface area contributed by atoms with Gasteiger partial charge in [-0.25, -0.2) is 4.98 Å². The van der Waals surface area contributed by atoms with Crippen LogP contribution in [0.5, 0.6) is 5.75 Å². The Balaban J connectivity index is 1.16. The Morgan fingerprint density at radius 3 is 2.73 bits per heavy atom. The standard InChI is InChI=1S/C32H36N4O4S/c1-20-3-8-29(40-18-25-5-4-22(12-26(25)13-33)15-35-9-10-39-21(2)14-35)27(11-20)28-19-41-32(34-28)36-16-23-6-7-24(17-36)30(23)31(37)38/h3-5,8,11-12,19,21,23-24,30H,6-7,9-10,14-18H2,1-2H3,(H,37,38)/t21?,23-,24?,30+/m1/s1. The number of ether oxygens (including phenoxy) is 2. The molecule has 1 aromatic heterocycles. The van der Waals surface area contributed by atoms with Gasteiger partial charge in [0.05, 0.1) is 36.0 Å². The summed E-state index contributed by atoms with van der Waals surface area (Å²) in [6, 6.07) is 14.5. The van der Waals surface area contributed by atoms with E-state index in [1.807, 2.05) is 24.3 Å². The quantitative estimate of drug-likeness (QED) is 0.386. The lowest BCUT2D eigenvalue weighted by Crippen LogP contribution is -2.44. The van der Waals surface area contributed by atoms with E-state index in [2.05, 4.69) is 47.2 Å². The first-order valence-corrected chi connectivity index (χ1v) is 15.3. The van der Waals surface area contributed by atoms with Crippen LogP contribution >= 0.6 is 11.3 Å². The van der Waals surface area contributed by atoms with E-state index < -0.39 is 5.97 Å². The van der Waals surface area contributed by atoms with Gasteiger partial charge in [-0.3, -0.25) is 9.69 Å². The maximum atomic E-state index is 11.8. The Bertz CT molecular complexity index is 1450. The second-order valence-electron chi connectivity index (χ2n) is 11.7. The molecule has 3 aliphatic rings. The predicted molar refractivity (Wildman–Crippen MR) is 158 cm³/mol. The third kappa shape index (κ3) is 5.96. The summed E-state index contributed by atoms with van der Waals surface area (Å²) in [5.74, 6) is 0.231. The van der Waals surface area contributed by atoms with E-state index in [-0.39, 0.29) is 30.5 Å². The minimum Gasteiger partial charge on any atom is -0.488 e. The van der Waals surface area contributed by atoms with E-state index >= 15 is 0 Å². The molecular formula is C32H36N4O4S. The number of benzene rings is 2. The van der Waals surface area contributed by atoms with Crippen LogP contribution in [0.15, 0.2) is 41.8 Å². The molecular weight excluding hydrogens is 536 g/mol. The van der Waals surface area contributed by atoms with E-state index in [1.165, 1.54) is 0 Å². The number of nitriles is 1. The molecule has 2 aromatic carbocycles. The van der Waals surface area contributed by atoms with Gasteiger partial charge in [-0.1, -0.05) is 23.8 Å². The van der Waals surface area contributed by atoms with Crippen molar-refractivity contribution in [3.05, 3.63) is 64.0 Å². The third-order valence-corrected chi connectivity index (χ3v) is 9.60. The fourth-order valence-corrected chi connectivity index (χ4v) is 7.53. The largest absolute Gasteiger partial charge is 0.488 e. The smallest absolute Gasteiger partial charge is 0.307 e. The van der Waals surface area contributed by atoms with Crippen molar-refractivity contribution in [2.24, 2.45) is 17.8 Å². The minimum absolute atomic E-state index is 0.189. The summed E-state index contributed by atoms with van der Waals surface area (Å²) in [5.41, 5.74) is 5.49. The van der Waals surface area contributed by atoms with Crippen LogP contribution in [-0.2, 0) is 22.7 Å². The molecule has 3 heterocycles. The second-order valence-corrected chi connectivity index (χ2v) is 12.5. The molecule has 8 nitrogen and oxygen atoms in total. The number of piperidine rings is 1. The molecule has 2 bridgehead atoms. The van der Waals surface area contributed by atoms with Crippen LogP contribution < -0.4 is 9.64 Å². The zero-order valence-corrected chi connectivity index (χ0v) is 24.4. The molecule has 1 saturated carbocycles. The number of aryl methyl sites for hydroxylation is 1. The average molecular weight is 573 g/mol. The summed E-state index contributed by atoms with van der Waals surface area (Å²) in [6.07, 6.45) is 2.18. The van der Waals surface area contributed by atoms with Crippen LogP contribution in [0, 0.1) is 36.0 Å². The van der Waals surface area contributed by atoms with E-state index in [1.54, 1.807) is 11.3 Å². The van der Waals surface area contributed by atoms with E-state index in [4.69, 9.17) is 14.5 Å². The summed E-state index contributed by atoms with van der Waals surface area (Å²) in [5, 5.41) is 22.6. The van der Waals surface area contributed by atoms with Crippen LogP contribution in [0.25, 0.3) is 11.3 Å². The van der Waals surface area contributed by atoms with Crippen molar-refractivity contribution >= 4 is 22.4 Å². The van der Waals surface area contributed by atoms with Gasteiger partial charge in [0.25, 0.3) is 0 Å². The predicted octanol–water partition coefficient (Wildman–Crippen LogP) is 5.34. The number of aromatic nitrogens is 1. The number of hydrogen-bond acceptors (Lipinski definition) is 8. The van der Waals surface area contributed by atoms with E-state index in [9.17, 15) is 15.2 Å². The monoisotopic (exact) mass is 572 g/mol. The number of aliphatic carboxylic acids is 1. The number of carboxylic acid groups (broad SMARTS) is 1. The van der Waals surface area contributed by atoms with E-state index in [0.717, 1.165) is 91.0 Å². The van der Waals surface area contributed by atoms with Gasteiger partial charge in [0.2, 0.25) is 0 Å². The maximum absolute atomic E-state index is 11.8. The Morgan fingerprint density at radius 2 is 2.00 bits per heavy atom. The van der Waals surface area contributed by atoms with Crippen molar-refractivity contribution in [1.82, 2.24) is 9.88 Å². The Labute approximate surface area is 245 Å². The molecule has 3 aromatic rings. The third-order valence-electron chi connectivity index (χ3n) is 8.70. The summed E-state index contributed by atoms with van der Waals surface area (Å²) < 4.78 is 12.0. The van der Waals surface area contributed by atoms with Gasteiger partial charge in [-0.15, -0.1) is 11.3 Å². The van der Waals surface area contributed by atoms with Crippen molar-refractivity contribution in [2.75, 3.05) is 37.7 Å². The minimum atomic E-state index is -0.653. The summed E-state index contributed by atoms with van der Waals surface area (Å²) in [7, 11) is 0. The van der Waals surface area contributed by atoms with Crippen LogP contribution in [0.3, 0.4) is 0 Å². The van der Waals surface area contributed by atoms with E-state index in [0.29, 0.717) is 5.56 Å². The lowest BCUT2D eigenvalue weighted by molar-refractivity contribution is -0.144. The van der Waals surface area contributed by atoms with Gasteiger partial charge in [0.1, 0.15) is 12.4 Å². The highest BCUT2D eigenvalue weighted by atomic mass is 32.1. The molecule has 0 radical (unpaired) electrons. The van der Waals surface area contributed by atoms with Gasteiger partial charge in [-0.2, -0.15) is 5.26 Å². The molecule has 0 spiro atoms. The number of carbonyl (C=O) groups is 1. The molecule has 1 N–H and O–H groups in total. The molecule has 214 valence electrons. The number of morpholine rings is 1. The zero-order chi connectivity index (χ0) is 28.5. The van der Waals surface area contributed by atoms with Crippen LogP contribution in [0.1, 0.15) is 42.0 Å². The van der Waals surface area contributed by atoms with Crippen LogP contribution in [-0.4, -0.2) is 59.8 Å². The van der Waals surface area contributed by atoms with Crippen molar-refractivity contribution in [3.8, 4) is 23.1 Å². The van der Waals surface area contributed by atoms with Gasteiger partial charge in [0.15, 0.2) is 5.13 Å². The summed E-state index contributed by atoms with van der Waals surface area (Å²) in [6.45, 7) is 9.25. The summed E-state index contributed by atoms with van der Waals surface area (Å²) >= 11 is 1.60. The molecule has 2 unspecified atom stereocenters. The lowest BCUT2D eigenvalue weighted by Gasteiger charge is -2.35. The molecule has 2 aliphatic heterocycles. The molecule has 3 fully saturated rings. The Hall–Kier alpha value is -3.45. The summed E-state index contributed by atoms with van der Waals surface area (Å²) in [4.78, 5) is 21.4. The highest BCUT2D eigenvalue weighted by Crippen LogP contribution is 2.44. The SMILES string of the molecule is Cc1ccc(OCc2ccc(CN3CCOC(C)C3)cc2C#N)c(-c2csc(N3CC4CC[C@H](C3)[C@@H]4C(=O)O)n2)c1. The normalized spacial score (nSPS) is 24.3. The number of nitrogens with zero attached hydrogens (tertiary/aromatic N) is 4. The lowest BCUT2D eigenvalue weighted by atomic mass is 9.85. The number of fused-ring (bicyclic) bond motifs is 2. The molecule has 2 saturated heterocycles. The first-order valence-electron chi connectivity index (χ1n) is 14.4. The van der Waals surface area contributed by atoms with Crippen molar-refractivity contribution in [1.29, 1.82) is 5.26 Å². The fourth-order valence-electron chi connectivity index (χ4n) is 6.68. The second kappa shape index (κ2) is 11.8. The molecule has 6 rings (SSSR count). The average Bonchev–Trinajstić information content (AvgIpc) is 3.55. The van der Waals surface area contributed by atoms with Gasteiger partial charge < -0.3 is 19.5 Å². The number of hydrogen-bond donors (Lipinski definition) is 1. The van der Waals surface area contributed by atoms with Crippen molar-refractivity contribution in [3.63, 3.8) is 0 Å². The van der Waals surface area contributed by atoms with Crippen molar-refractivity contribution < 1.29 is 19.4 Å². The Kier molecular flexibility index (Phi) is 7.98. The highest BCUT2D eigenvalue weighted by molar-refractivity contribution is 7.14. The first kappa shape index (κ1) is 27.7. The number of thiazole rings is 1. The molecule has 0 amide bonds. The molecule has 4 atom stereocenters. The molecule has 1 aliphatic carbocycles. The van der Waals surface area contributed by atoms with Gasteiger partial charge >= 0.3 is 5.97 Å². The van der Waals surface area contributed by atoms with Gasteiger partial charge in [-0.05, 0) is 62.3 Å². The topological polar surface area (TPSA) is 98.9 Å². The number of carboxylic acids is 1. The molecule has 41 heavy (non-hydrogen) atoms. The highest BCUT2D eigenvalue weighted by Gasteiger charge is 2.46. The molecule has 9 heteroatoms. The zero-order valence-electron chi connectivity index (χ0n) is 23.6. The maximum Gasteiger partial charge on any atom is 0.307 e.